The summed E-state index contributed by atoms with van der Waals surface area (Å²) in [5, 5.41) is 6.53. The molecule has 0 fully saturated rings. The number of nitrogen functional groups attached to an aromatic ring is 1. The molecule has 0 bridgehead atoms. The summed E-state index contributed by atoms with van der Waals surface area (Å²) in [6.45, 7) is 4.10. The Hall–Kier alpha value is -2.65. The molecule has 0 atom stereocenters. The summed E-state index contributed by atoms with van der Waals surface area (Å²) in [6, 6.07) is 7.99. The molecule has 0 spiro atoms. The number of fused-ring (bicyclic) bond motifs is 1. The number of nitrogens with zero attached hydrogens (tertiary/aromatic N) is 4. The third-order valence-electron chi connectivity index (χ3n) is 4.27. The number of sulfone groups is 1. The lowest BCUT2D eigenvalue weighted by Gasteiger charge is -2.09. The molecular formula is C17H17N5O2S2. The fourth-order valence-electron chi connectivity index (χ4n) is 3.05. The molecule has 9 heteroatoms. The van der Waals surface area contributed by atoms with Gasteiger partial charge in [-0.15, -0.1) is 11.3 Å². The molecule has 0 aromatic carbocycles. The number of nitrogens with two attached hydrogens (primary N) is 1. The number of aromatic nitrogens is 4. The van der Waals surface area contributed by atoms with E-state index in [0.29, 0.717) is 11.3 Å². The second-order valence-electron chi connectivity index (χ2n) is 6.17. The molecule has 4 aromatic heterocycles. The molecule has 0 amide bonds. The van der Waals surface area contributed by atoms with E-state index in [1.54, 1.807) is 11.3 Å². The average molecular weight is 387 g/mol. The van der Waals surface area contributed by atoms with Gasteiger partial charge in [-0.25, -0.2) is 13.4 Å². The molecule has 0 radical (unpaired) electrons. The number of hydrogen-bond acceptors (Lipinski definition) is 6. The zero-order valence-corrected chi connectivity index (χ0v) is 16.1. The molecule has 7 nitrogen and oxygen atoms in total. The van der Waals surface area contributed by atoms with E-state index >= 15 is 0 Å². The van der Waals surface area contributed by atoms with Gasteiger partial charge >= 0.3 is 0 Å². The fourth-order valence-corrected chi connectivity index (χ4v) is 4.60. The molecule has 0 aliphatic carbocycles. The van der Waals surface area contributed by atoms with Crippen LogP contribution in [0.3, 0.4) is 0 Å². The van der Waals surface area contributed by atoms with Crippen LogP contribution < -0.4 is 5.73 Å². The van der Waals surface area contributed by atoms with Crippen LogP contribution >= 0.6 is 11.3 Å². The van der Waals surface area contributed by atoms with Gasteiger partial charge in [0, 0.05) is 23.7 Å². The van der Waals surface area contributed by atoms with Gasteiger partial charge in [0.25, 0.3) is 0 Å². The first-order chi connectivity index (χ1) is 12.3. The van der Waals surface area contributed by atoms with Crippen molar-refractivity contribution >= 4 is 32.6 Å². The van der Waals surface area contributed by atoms with E-state index in [4.69, 9.17) is 5.73 Å². The van der Waals surface area contributed by atoms with Crippen LogP contribution in [0.1, 0.15) is 11.4 Å². The molecule has 4 heterocycles. The Kier molecular flexibility index (Phi) is 3.67. The summed E-state index contributed by atoms with van der Waals surface area (Å²) in [5.41, 5.74) is 10.5. The lowest BCUT2D eigenvalue weighted by molar-refractivity contribution is 0.601. The van der Waals surface area contributed by atoms with Crippen LogP contribution in [-0.4, -0.2) is 33.8 Å². The molecule has 0 saturated heterocycles. The van der Waals surface area contributed by atoms with Gasteiger partial charge < -0.3 is 10.3 Å². The van der Waals surface area contributed by atoms with Gasteiger partial charge in [0.1, 0.15) is 16.4 Å². The van der Waals surface area contributed by atoms with Crippen molar-refractivity contribution in [2.75, 3.05) is 12.0 Å². The summed E-state index contributed by atoms with van der Waals surface area (Å²) >= 11 is 1.57. The van der Waals surface area contributed by atoms with E-state index in [-0.39, 0.29) is 10.7 Å². The quantitative estimate of drug-likeness (QED) is 0.583. The third-order valence-corrected chi connectivity index (χ3v) is 6.31. The van der Waals surface area contributed by atoms with Crippen LogP contribution in [0.15, 0.2) is 40.7 Å². The lowest BCUT2D eigenvalue weighted by atomic mass is 10.3. The Bertz CT molecular complexity index is 1230. The molecule has 0 aliphatic rings. The number of anilines is 1. The minimum Gasteiger partial charge on any atom is -0.382 e. The maximum atomic E-state index is 11.9. The average Bonchev–Trinajstić information content (AvgIpc) is 3.24. The largest absolute Gasteiger partial charge is 0.382 e. The predicted molar refractivity (Wildman–Crippen MR) is 103 cm³/mol. The van der Waals surface area contributed by atoms with Gasteiger partial charge in [0.2, 0.25) is 0 Å². The SMILES string of the molecule is Cc1ccc(C)n1-c1ccsc1-c1cc2ncc(S(C)(=O)=O)c(N)n2n1. The summed E-state index contributed by atoms with van der Waals surface area (Å²) in [5.74, 6) is 0.0650. The van der Waals surface area contributed by atoms with Crippen LogP contribution in [0.5, 0.6) is 0 Å². The minimum absolute atomic E-state index is 0.0249. The highest BCUT2D eigenvalue weighted by Gasteiger charge is 2.19. The molecule has 134 valence electrons. The molecule has 0 unspecified atom stereocenters. The molecular weight excluding hydrogens is 370 g/mol. The van der Waals surface area contributed by atoms with Gasteiger partial charge in [-0.1, -0.05) is 0 Å². The van der Waals surface area contributed by atoms with E-state index in [2.05, 4.69) is 40.6 Å². The van der Waals surface area contributed by atoms with E-state index in [1.165, 1.54) is 10.7 Å². The van der Waals surface area contributed by atoms with Crippen molar-refractivity contribution in [2.24, 2.45) is 0 Å². The smallest absolute Gasteiger partial charge is 0.180 e. The number of hydrogen-bond donors (Lipinski definition) is 1. The zero-order chi connectivity index (χ0) is 18.6. The van der Waals surface area contributed by atoms with Crippen LogP contribution in [0.25, 0.3) is 21.9 Å². The van der Waals surface area contributed by atoms with E-state index in [9.17, 15) is 8.42 Å². The van der Waals surface area contributed by atoms with Crippen molar-refractivity contribution in [3.05, 3.63) is 47.2 Å². The first kappa shape index (κ1) is 16.8. The van der Waals surface area contributed by atoms with Gasteiger partial charge in [-0.3, -0.25) is 0 Å². The van der Waals surface area contributed by atoms with Crippen LogP contribution in [-0.2, 0) is 9.84 Å². The summed E-state index contributed by atoms with van der Waals surface area (Å²) in [7, 11) is -3.47. The number of thiophene rings is 1. The standard InChI is InChI=1S/C17H17N5O2S2/c1-10-4-5-11(2)21(10)13-6-7-25-16(13)12-8-15-19-9-14(26(3,23)24)17(18)22(15)20-12/h4-9H,18H2,1-3H3. The first-order valence-electron chi connectivity index (χ1n) is 7.85. The maximum absolute atomic E-state index is 11.9. The normalized spacial score (nSPS) is 12.1. The van der Waals surface area contributed by atoms with E-state index in [1.807, 2.05) is 17.5 Å². The molecule has 26 heavy (non-hydrogen) atoms. The predicted octanol–water partition coefficient (Wildman–Crippen LogP) is 2.85. The van der Waals surface area contributed by atoms with Gasteiger partial charge in [0.05, 0.1) is 16.8 Å². The Balaban J connectivity index is 1.93. The fraction of sp³-hybridized carbons (Fsp3) is 0.176. The highest BCUT2D eigenvalue weighted by molar-refractivity contribution is 7.90. The summed E-state index contributed by atoms with van der Waals surface area (Å²) < 4.78 is 27.3. The first-order valence-corrected chi connectivity index (χ1v) is 10.6. The highest BCUT2D eigenvalue weighted by atomic mass is 32.2. The van der Waals surface area contributed by atoms with Gasteiger partial charge in [0.15, 0.2) is 15.5 Å². The lowest BCUT2D eigenvalue weighted by Crippen LogP contribution is -2.09. The maximum Gasteiger partial charge on any atom is 0.180 e. The topological polar surface area (TPSA) is 95.3 Å². The van der Waals surface area contributed by atoms with Crippen LogP contribution in [0, 0.1) is 13.8 Å². The second-order valence-corrected chi connectivity index (χ2v) is 9.07. The Morgan fingerprint density at radius 3 is 2.50 bits per heavy atom. The Labute approximate surface area is 154 Å². The highest BCUT2D eigenvalue weighted by Crippen LogP contribution is 2.34. The van der Waals surface area contributed by atoms with E-state index < -0.39 is 9.84 Å². The third kappa shape index (κ3) is 2.51. The number of rotatable bonds is 3. The summed E-state index contributed by atoms with van der Waals surface area (Å²) in [4.78, 5) is 5.15. The van der Waals surface area contributed by atoms with E-state index in [0.717, 1.165) is 28.2 Å². The molecule has 0 aliphatic heterocycles. The second kappa shape index (κ2) is 5.68. The van der Waals surface area contributed by atoms with Gasteiger partial charge in [-0.05, 0) is 37.4 Å². The molecule has 4 rings (SSSR count). The minimum atomic E-state index is -3.47. The van der Waals surface area contributed by atoms with Crippen molar-refractivity contribution in [1.82, 2.24) is 19.2 Å². The van der Waals surface area contributed by atoms with Crippen molar-refractivity contribution in [2.45, 2.75) is 18.7 Å². The molecule has 4 aromatic rings. The van der Waals surface area contributed by atoms with Crippen molar-refractivity contribution < 1.29 is 8.42 Å². The van der Waals surface area contributed by atoms with Crippen LogP contribution in [0.2, 0.25) is 0 Å². The molecule has 2 N–H and O–H groups in total. The van der Waals surface area contributed by atoms with Crippen molar-refractivity contribution in [1.29, 1.82) is 0 Å². The van der Waals surface area contributed by atoms with Gasteiger partial charge in [-0.2, -0.15) is 9.61 Å². The summed E-state index contributed by atoms with van der Waals surface area (Å²) in [6.07, 6.45) is 2.38. The van der Waals surface area contributed by atoms with Crippen molar-refractivity contribution in [3.63, 3.8) is 0 Å². The number of aryl methyl sites for hydroxylation is 2. The Morgan fingerprint density at radius 2 is 1.85 bits per heavy atom. The monoisotopic (exact) mass is 387 g/mol. The zero-order valence-electron chi connectivity index (χ0n) is 14.5. The Morgan fingerprint density at radius 1 is 1.15 bits per heavy atom. The van der Waals surface area contributed by atoms with Crippen LogP contribution in [0.4, 0.5) is 5.82 Å². The molecule has 0 saturated carbocycles. The van der Waals surface area contributed by atoms with Crippen molar-refractivity contribution in [3.8, 4) is 16.3 Å².